The lowest BCUT2D eigenvalue weighted by atomic mass is 9.97. The summed E-state index contributed by atoms with van der Waals surface area (Å²) in [6.45, 7) is 3.84. The molecule has 26 heavy (non-hydrogen) atoms. The Morgan fingerprint density at radius 3 is 2.31 bits per heavy atom. The number of likely N-dealkylation sites (tertiary alicyclic amines) is 1. The average Bonchev–Trinajstić information content (AvgIpc) is 2.64. The molecule has 5 nitrogen and oxygen atoms in total. The molecule has 1 fully saturated rings. The van der Waals surface area contributed by atoms with Crippen LogP contribution in [-0.2, 0) is 9.53 Å². The zero-order valence-electron chi connectivity index (χ0n) is 15.5. The molecular formula is C21H25NO4. The van der Waals surface area contributed by atoms with Crippen molar-refractivity contribution in [1.29, 1.82) is 0 Å². The number of hydrogen-bond acceptors (Lipinski definition) is 4. The van der Waals surface area contributed by atoms with Crippen molar-refractivity contribution in [3.8, 4) is 5.75 Å². The van der Waals surface area contributed by atoms with Gasteiger partial charge in [-0.05, 0) is 56.0 Å². The SMILES string of the molecule is COc1cc2ccccc2cc1C(=O)OCC(=O)N1[C@@H](C)CCC[C@@H]1C. The minimum atomic E-state index is -0.543. The van der Waals surface area contributed by atoms with E-state index in [0.29, 0.717) is 11.3 Å². The highest BCUT2D eigenvalue weighted by atomic mass is 16.5. The monoisotopic (exact) mass is 355 g/mol. The topological polar surface area (TPSA) is 55.8 Å². The fourth-order valence-corrected chi connectivity index (χ4v) is 3.74. The van der Waals surface area contributed by atoms with Crippen molar-refractivity contribution in [1.82, 2.24) is 4.90 Å². The van der Waals surface area contributed by atoms with Gasteiger partial charge in [0.1, 0.15) is 11.3 Å². The lowest BCUT2D eigenvalue weighted by molar-refractivity contribution is -0.140. The molecule has 0 spiro atoms. The Morgan fingerprint density at radius 1 is 1.08 bits per heavy atom. The summed E-state index contributed by atoms with van der Waals surface area (Å²) in [6.07, 6.45) is 3.10. The molecule has 1 aliphatic rings. The number of carbonyl (C=O) groups excluding carboxylic acids is 2. The Kier molecular flexibility index (Phi) is 5.45. The third-order valence-corrected chi connectivity index (χ3v) is 5.10. The number of methoxy groups -OCH3 is 1. The van der Waals surface area contributed by atoms with Crippen molar-refractivity contribution in [2.24, 2.45) is 0 Å². The van der Waals surface area contributed by atoms with Gasteiger partial charge < -0.3 is 14.4 Å². The Balaban J connectivity index is 1.73. The fourth-order valence-electron chi connectivity index (χ4n) is 3.74. The van der Waals surface area contributed by atoms with Crippen LogP contribution in [0, 0.1) is 0 Å². The van der Waals surface area contributed by atoms with Gasteiger partial charge in [-0.15, -0.1) is 0 Å². The zero-order chi connectivity index (χ0) is 18.7. The second-order valence-corrected chi connectivity index (χ2v) is 6.91. The van der Waals surface area contributed by atoms with Crippen molar-refractivity contribution >= 4 is 22.6 Å². The molecule has 138 valence electrons. The molecule has 1 amide bonds. The Hall–Kier alpha value is -2.56. The van der Waals surface area contributed by atoms with Crippen LogP contribution in [0.15, 0.2) is 36.4 Å². The molecule has 5 heteroatoms. The number of fused-ring (bicyclic) bond motifs is 1. The molecule has 2 atom stereocenters. The predicted molar refractivity (Wildman–Crippen MR) is 100 cm³/mol. The summed E-state index contributed by atoms with van der Waals surface area (Å²) in [7, 11) is 1.52. The van der Waals surface area contributed by atoms with Crippen molar-refractivity contribution < 1.29 is 19.1 Å². The fraction of sp³-hybridized carbons (Fsp3) is 0.429. The Morgan fingerprint density at radius 2 is 1.69 bits per heavy atom. The highest BCUT2D eigenvalue weighted by Crippen LogP contribution is 2.27. The largest absolute Gasteiger partial charge is 0.496 e. The van der Waals surface area contributed by atoms with E-state index in [4.69, 9.17) is 9.47 Å². The number of rotatable bonds is 4. The van der Waals surface area contributed by atoms with Gasteiger partial charge in [0.25, 0.3) is 5.91 Å². The first kappa shape index (κ1) is 18.2. The van der Waals surface area contributed by atoms with Gasteiger partial charge in [0, 0.05) is 12.1 Å². The molecular weight excluding hydrogens is 330 g/mol. The van der Waals surface area contributed by atoms with E-state index in [0.717, 1.165) is 30.0 Å². The molecule has 0 unspecified atom stereocenters. The van der Waals surface area contributed by atoms with E-state index in [1.807, 2.05) is 49.1 Å². The quantitative estimate of drug-likeness (QED) is 0.783. The number of amides is 1. The standard InChI is InChI=1S/C21H25NO4/c1-14-7-6-8-15(2)22(14)20(23)13-26-21(24)18-11-16-9-4-5-10-17(16)12-19(18)25-3/h4-5,9-12,14-15H,6-8,13H2,1-3H3/t14-,15-/m0/s1. The summed E-state index contributed by atoms with van der Waals surface area (Å²) in [5.74, 6) is -0.239. The third kappa shape index (κ3) is 3.66. The van der Waals surface area contributed by atoms with Gasteiger partial charge in [0.15, 0.2) is 6.61 Å². The first-order valence-corrected chi connectivity index (χ1v) is 9.06. The predicted octanol–water partition coefficient (Wildman–Crippen LogP) is 3.79. The van der Waals surface area contributed by atoms with E-state index in [1.165, 1.54) is 7.11 Å². The second kappa shape index (κ2) is 7.77. The maximum absolute atomic E-state index is 12.5. The van der Waals surface area contributed by atoms with Crippen molar-refractivity contribution in [3.05, 3.63) is 42.0 Å². The van der Waals surface area contributed by atoms with Gasteiger partial charge in [-0.25, -0.2) is 4.79 Å². The molecule has 0 N–H and O–H groups in total. The van der Waals surface area contributed by atoms with E-state index in [9.17, 15) is 9.59 Å². The van der Waals surface area contributed by atoms with Crippen LogP contribution in [0.5, 0.6) is 5.75 Å². The van der Waals surface area contributed by atoms with E-state index >= 15 is 0 Å². The minimum absolute atomic E-state index is 0.141. The maximum atomic E-state index is 12.5. The van der Waals surface area contributed by atoms with Crippen LogP contribution in [-0.4, -0.2) is 42.6 Å². The Labute approximate surface area is 153 Å². The van der Waals surface area contributed by atoms with Gasteiger partial charge in [-0.2, -0.15) is 0 Å². The number of benzene rings is 2. The highest BCUT2D eigenvalue weighted by molar-refractivity contribution is 5.99. The molecule has 0 radical (unpaired) electrons. The first-order chi connectivity index (χ1) is 12.5. The lowest BCUT2D eigenvalue weighted by Crippen LogP contribution is -2.49. The molecule has 2 aromatic rings. The van der Waals surface area contributed by atoms with Crippen LogP contribution in [0.3, 0.4) is 0 Å². The molecule has 0 aromatic heterocycles. The number of esters is 1. The van der Waals surface area contributed by atoms with Crippen LogP contribution in [0.25, 0.3) is 10.8 Å². The number of nitrogens with zero attached hydrogens (tertiary/aromatic N) is 1. The van der Waals surface area contributed by atoms with E-state index in [2.05, 4.69) is 0 Å². The van der Waals surface area contributed by atoms with Crippen LogP contribution in [0.1, 0.15) is 43.5 Å². The molecule has 0 aliphatic carbocycles. The van der Waals surface area contributed by atoms with Crippen LogP contribution < -0.4 is 4.74 Å². The molecule has 1 aliphatic heterocycles. The summed E-state index contributed by atoms with van der Waals surface area (Å²) in [5, 5.41) is 1.90. The van der Waals surface area contributed by atoms with Gasteiger partial charge in [0.2, 0.25) is 0 Å². The number of piperidine rings is 1. The third-order valence-electron chi connectivity index (χ3n) is 5.10. The molecule has 0 saturated carbocycles. The summed E-state index contributed by atoms with van der Waals surface area (Å²) in [6, 6.07) is 11.6. The molecule has 1 heterocycles. The zero-order valence-corrected chi connectivity index (χ0v) is 15.5. The van der Waals surface area contributed by atoms with Gasteiger partial charge >= 0.3 is 5.97 Å². The average molecular weight is 355 g/mol. The van der Waals surface area contributed by atoms with Crippen molar-refractivity contribution in [2.75, 3.05) is 13.7 Å². The first-order valence-electron chi connectivity index (χ1n) is 9.06. The number of ether oxygens (including phenoxy) is 2. The lowest BCUT2D eigenvalue weighted by Gasteiger charge is -2.38. The Bertz CT molecular complexity index is 807. The molecule has 1 saturated heterocycles. The normalized spacial score (nSPS) is 20.0. The van der Waals surface area contributed by atoms with Crippen molar-refractivity contribution in [2.45, 2.75) is 45.2 Å². The molecule has 2 aromatic carbocycles. The maximum Gasteiger partial charge on any atom is 0.342 e. The smallest absolute Gasteiger partial charge is 0.342 e. The van der Waals surface area contributed by atoms with Gasteiger partial charge in [-0.1, -0.05) is 24.3 Å². The van der Waals surface area contributed by atoms with E-state index < -0.39 is 5.97 Å². The number of carbonyl (C=O) groups is 2. The van der Waals surface area contributed by atoms with E-state index in [-0.39, 0.29) is 24.6 Å². The summed E-state index contributed by atoms with van der Waals surface area (Å²) in [4.78, 5) is 26.9. The molecule has 0 bridgehead atoms. The summed E-state index contributed by atoms with van der Waals surface area (Å²) in [5.41, 5.74) is 0.332. The van der Waals surface area contributed by atoms with Gasteiger partial charge in [0.05, 0.1) is 7.11 Å². The number of hydrogen-bond donors (Lipinski definition) is 0. The van der Waals surface area contributed by atoms with Crippen LogP contribution >= 0.6 is 0 Å². The van der Waals surface area contributed by atoms with Gasteiger partial charge in [-0.3, -0.25) is 4.79 Å². The summed E-state index contributed by atoms with van der Waals surface area (Å²) >= 11 is 0. The van der Waals surface area contributed by atoms with Crippen molar-refractivity contribution in [3.63, 3.8) is 0 Å². The minimum Gasteiger partial charge on any atom is -0.496 e. The highest BCUT2D eigenvalue weighted by Gasteiger charge is 2.29. The van der Waals surface area contributed by atoms with Crippen LogP contribution in [0.4, 0.5) is 0 Å². The summed E-state index contributed by atoms with van der Waals surface area (Å²) < 4.78 is 10.7. The molecule has 3 rings (SSSR count). The second-order valence-electron chi connectivity index (χ2n) is 6.91. The van der Waals surface area contributed by atoms with E-state index in [1.54, 1.807) is 6.07 Å². The van der Waals surface area contributed by atoms with Crippen LogP contribution in [0.2, 0.25) is 0 Å².